The molecule has 1 aliphatic carbocycles. The topological polar surface area (TPSA) is 37.3 Å². The smallest absolute Gasteiger partial charge is 0.336 e. The molecule has 1 N–H and O–H groups in total. The maximum absolute atomic E-state index is 11.8. The van der Waals surface area contributed by atoms with Crippen LogP contribution < -0.4 is 0 Å². The third-order valence-corrected chi connectivity index (χ3v) is 4.68. The van der Waals surface area contributed by atoms with Crippen LogP contribution in [-0.2, 0) is 12.8 Å². The molecule has 0 unspecified atom stereocenters. The Kier molecular flexibility index (Phi) is 4.11. The van der Waals surface area contributed by atoms with Crippen molar-refractivity contribution >= 4 is 21.9 Å². The number of carbonyl (C=O) groups is 1. The summed E-state index contributed by atoms with van der Waals surface area (Å²) in [5.41, 5.74) is 5.98. The van der Waals surface area contributed by atoms with Crippen molar-refractivity contribution in [3.05, 3.63) is 58.7 Å². The van der Waals surface area contributed by atoms with E-state index in [0.717, 1.165) is 47.7 Å². The van der Waals surface area contributed by atoms with Gasteiger partial charge in [-0.1, -0.05) is 52.3 Å². The summed E-state index contributed by atoms with van der Waals surface area (Å²) in [6.07, 6.45) is 3.64. The van der Waals surface area contributed by atoms with Crippen molar-refractivity contribution < 1.29 is 9.90 Å². The fourth-order valence-electron chi connectivity index (χ4n) is 3.14. The molecule has 2 nitrogen and oxygen atoms in total. The molecule has 0 radical (unpaired) electrons. The van der Waals surface area contributed by atoms with Gasteiger partial charge in [0.15, 0.2) is 0 Å². The number of alkyl halides is 1. The van der Waals surface area contributed by atoms with Crippen molar-refractivity contribution in [2.75, 3.05) is 5.33 Å². The van der Waals surface area contributed by atoms with Crippen LogP contribution in [-0.4, -0.2) is 16.4 Å². The lowest BCUT2D eigenvalue weighted by Gasteiger charge is -2.11. The van der Waals surface area contributed by atoms with Crippen molar-refractivity contribution in [1.82, 2.24) is 0 Å². The Bertz CT molecular complexity index is 692. The third-order valence-electron chi connectivity index (χ3n) is 4.12. The van der Waals surface area contributed by atoms with Crippen LogP contribution in [0.5, 0.6) is 0 Å². The van der Waals surface area contributed by atoms with E-state index in [9.17, 15) is 9.90 Å². The first-order chi connectivity index (χ1) is 10.2. The van der Waals surface area contributed by atoms with Gasteiger partial charge in [0.2, 0.25) is 0 Å². The standard InChI is InChI=1S/C18H17BrO2/c19-10-4-3-5-12-8-9-15-14-7-2-1-6-13(14)11-16(15)17(12)18(20)21/h1-2,6-9H,3-5,10-11H2,(H,20,21). The Morgan fingerprint density at radius 2 is 1.90 bits per heavy atom. The molecule has 0 atom stereocenters. The maximum atomic E-state index is 11.8. The Morgan fingerprint density at radius 1 is 1.10 bits per heavy atom. The van der Waals surface area contributed by atoms with Crippen molar-refractivity contribution in [2.24, 2.45) is 0 Å². The van der Waals surface area contributed by atoms with Crippen molar-refractivity contribution in [3.63, 3.8) is 0 Å². The molecule has 0 spiro atoms. The Morgan fingerprint density at radius 3 is 2.67 bits per heavy atom. The third kappa shape index (κ3) is 2.62. The van der Waals surface area contributed by atoms with Gasteiger partial charge in [-0.3, -0.25) is 0 Å². The van der Waals surface area contributed by atoms with Crippen LogP contribution in [0, 0.1) is 0 Å². The lowest BCUT2D eigenvalue weighted by Crippen LogP contribution is -2.07. The second kappa shape index (κ2) is 6.02. The Hall–Kier alpha value is -1.61. The summed E-state index contributed by atoms with van der Waals surface area (Å²) in [6, 6.07) is 12.3. The lowest BCUT2D eigenvalue weighted by molar-refractivity contribution is 0.0694. The number of aromatic carboxylic acids is 1. The SMILES string of the molecule is O=C(O)c1c(CCCCBr)ccc2c1Cc1ccccc1-2. The maximum Gasteiger partial charge on any atom is 0.336 e. The minimum Gasteiger partial charge on any atom is -0.478 e. The summed E-state index contributed by atoms with van der Waals surface area (Å²) in [4.78, 5) is 11.8. The van der Waals surface area contributed by atoms with E-state index in [1.807, 2.05) is 18.2 Å². The molecule has 0 bridgehead atoms. The summed E-state index contributed by atoms with van der Waals surface area (Å²) < 4.78 is 0. The molecule has 0 saturated heterocycles. The second-order valence-corrected chi connectivity index (χ2v) is 6.20. The first-order valence-corrected chi connectivity index (χ1v) is 8.37. The molecule has 0 aliphatic heterocycles. The van der Waals surface area contributed by atoms with Gasteiger partial charge in [-0.25, -0.2) is 4.79 Å². The molecule has 0 saturated carbocycles. The van der Waals surface area contributed by atoms with Crippen LogP contribution in [0.15, 0.2) is 36.4 Å². The highest BCUT2D eigenvalue weighted by Crippen LogP contribution is 2.39. The number of aryl methyl sites for hydroxylation is 1. The van der Waals surface area contributed by atoms with E-state index in [-0.39, 0.29) is 0 Å². The minimum atomic E-state index is -0.798. The average molecular weight is 345 g/mol. The van der Waals surface area contributed by atoms with E-state index >= 15 is 0 Å². The van der Waals surface area contributed by atoms with Gasteiger partial charge in [0.1, 0.15) is 0 Å². The number of rotatable bonds is 5. The van der Waals surface area contributed by atoms with E-state index in [2.05, 4.69) is 34.1 Å². The van der Waals surface area contributed by atoms with E-state index in [1.165, 1.54) is 11.1 Å². The Balaban J connectivity index is 2.04. The van der Waals surface area contributed by atoms with Crippen LogP contribution >= 0.6 is 15.9 Å². The number of benzene rings is 2. The number of hydrogen-bond donors (Lipinski definition) is 1. The van der Waals surface area contributed by atoms with Gasteiger partial charge < -0.3 is 5.11 Å². The predicted molar refractivity (Wildman–Crippen MR) is 88.4 cm³/mol. The van der Waals surface area contributed by atoms with Gasteiger partial charge in [-0.15, -0.1) is 0 Å². The first-order valence-electron chi connectivity index (χ1n) is 7.24. The molecular weight excluding hydrogens is 328 g/mol. The largest absolute Gasteiger partial charge is 0.478 e. The van der Waals surface area contributed by atoms with Crippen molar-refractivity contribution in [1.29, 1.82) is 0 Å². The average Bonchev–Trinajstić information content (AvgIpc) is 2.85. The van der Waals surface area contributed by atoms with E-state index < -0.39 is 5.97 Å². The molecule has 0 heterocycles. The fourth-order valence-corrected chi connectivity index (χ4v) is 3.54. The predicted octanol–water partition coefficient (Wildman–Crippen LogP) is 4.67. The van der Waals surface area contributed by atoms with E-state index in [1.54, 1.807) is 0 Å². The van der Waals surface area contributed by atoms with E-state index in [0.29, 0.717) is 5.56 Å². The van der Waals surface area contributed by atoms with Gasteiger partial charge in [-0.2, -0.15) is 0 Å². The molecular formula is C18H17BrO2. The Labute approximate surface area is 132 Å². The number of hydrogen-bond acceptors (Lipinski definition) is 1. The number of fused-ring (bicyclic) bond motifs is 3. The monoisotopic (exact) mass is 344 g/mol. The second-order valence-electron chi connectivity index (χ2n) is 5.41. The molecule has 108 valence electrons. The van der Waals surface area contributed by atoms with Gasteiger partial charge >= 0.3 is 5.97 Å². The van der Waals surface area contributed by atoms with E-state index in [4.69, 9.17) is 0 Å². The van der Waals surface area contributed by atoms with Gasteiger partial charge in [0.05, 0.1) is 5.56 Å². The highest BCUT2D eigenvalue weighted by atomic mass is 79.9. The molecule has 0 aromatic heterocycles. The van der Waals surface area contributed by atoms with Gasteiger partial charge in [0.25, 0.3) is 0 Å². The summed E-state index contributed by atoms with van der Waals surface area (Å²) >= 11 is 3.42. The summed E-state index contributed by atoms with van der Waals surface area (Å²) in [6.45, 7) is 0. The quantitative estimate of drug-likeness (QED) is 0.539. The highest BCUT2D eigenvalue weighted by molar-refractivity contribution is 9.09. The molecule has 21 heavy (non-hydrogen) atoms. The van der Waals surface area contributed by atoms with Crippen LogP contribution in [0.4, 0.5) is 0 Å². The van der Waals surface area contributed by atoms with Crippen molar-refractivity contribution in [3.8, 4) is 11.1 Å². The van der Waals surface area contributed by atoms with Crippen molar-refractivity contribution in [2.45, 2.75) is 25.7 Å². The zero-order valence-electron chi connectivity index (χ0n) is 11.7. The zero-order valence-corrected chi connectivity index (χ0v) is 13.3. The highest BCUT2D eigenvalue weighted by Gasteiger charge is 2.25. The molecule has 3 rings (SSSR count). The molecule has 0 amide bonds. The van der Waals surface area contributed by atoms with Crippen LogP contribution in [0.3, 0.4) is 0 Å². The lowest BCUT2D eigenvalue weighted by atomic mass is 9.93. The van der Waals surface area contributed by atoms with Gasteiger partial charge in [0, 0.05) is 5.33 Å². The van der Waals surface area contributed by atoms with Crippen LogP contribution in [0.25, 0.3) is 11.1 Å². The molecule has 0 fully saturated rings. The minimum absolute atomic E-state index is 0.526. The molecule has 2 aromatic rings. The fraction of sp³-hybridized carbons (Fsp3) is 0.278. The van der Waals surface area contributed by atoms with Crippen LogP contribution in [0.2, 0.25) is 0 Å². The summed E-state index contributed by atoms with van der Waals surface area (Å²) in [5, 5.41) is 10.6. The summed E-state index contributed by atoms with van der Waals surface area (Å²) in [7, 11) is 0. The van der Waals surface area contributed by atoms with Crippen LogP contribution in [0.1, 0.15) is 39.9 Å². The number of unbranched alkanes of at least 4 members (excludes halogenated alkanes) is 1. The van der Waals surface area contributed by atoms with Gasteiger partial charge in [-0.05, 0) is 53.5 Å². The normalized spacial score (nSPS) is 12.0. The summed E-state index contributed by atoms with van der Waals surface area (Å²) in [5.74, 6) is -0.798. The number of halogens is 1. The first kappa shape index (κ1) is 14.3. The zero-order chi connectivity index (χ0) is 14.8. The number of carboxylic acid groups (broad SMARTS) is 1. The molecule has 1 aliphatic rings. The molecule has 2 aromatic carbocycles. The number of carboxylic acids is 1. The molecule has 3 heteroatoms.